The average molecular weight is 326 g/mol. The quantitative estimate of drug-likeness (QED) is 0.811. The SMILES string of the molecule is CCS(=O)(=O)CC(C)Nc1ccc(Sc2ncn[nH]2)cc1. The second-order valence-corrected chi connectivity index (χ2v) is 8.12. The average Bonchev–Trinajstić information content (AvgIpc) is 2.93. The van der Waals surface area contributed by atoms with Crippen LogP contribution < -0.4 is 5.32 Å². The molecule has 0 aliphatic rings. The smallest absolute Gasteiger partial charge is 0.188 e. The van der Waals surface area contributed by atoms with E-state index in [0.29, 0.717) is 0 Å². The van der Waals surface area contributed by atoms with Gasteiger partial charge in [-0.2, -0.15) is 5.10 Å². The molecule has 21 heavy (non-hydrogen) atoms. The number of aromatic amines is 1. The molecule has 0 bridgehead atoms. The van der Waals surface area contributed by atoms with Crippen LogP contribution in [-0.2, 0) is 9.84 Å². The zero-order valence-electron chi connectivity index (χ0n) is 11.9. The Labute approximate surface area is 128 Å². The molecule has 6 nitrogen and oxygen atoms in total. The number of hydrogen-bond acceptors (Lipinski definition) is 6. The minimum Gasteiger partial charge on any atom is -0.382 e. The minimum atomic E-state index is -2.97. The predicted octanol–water partition coefficient (Wildman–Crippen LogP) is 2.19. The molecule has 2 rings (SSSR count). The van der Waals surface area contributed by atoms with Crippen molar-refractivity contribution in [2.24, 2.45) is 0 Å². The van der Waals surface area contributed by atoms with Crippen LogP contribution in [0, 0.1) is 0 Å². The van der Waals surface area contributed by atoms with E-state index in [1.807, 2.05) is 31.2 Å². The van der Waals surface area contributed by atoms with E-state index in [4.69, 9.17) is 0 Å². The molecule has 0 radical (unpaired) electrons. The van der Waals surface area contributed by atoms with Crippen molar-refractivity contribution >= 4 is 27.3 Å². The second kappa shape index (κ2) is 6.95. The first-order chi connectivity index (χ1) is 9.98. The highest BCUT2D eigenvalue weighted by molar-refractivity contribution is 7.99. The number of nitrogens with zero attached hydrogens (tertiary/aromatic N) is 2. The zero-order valence-corrected chi connectivity index (χ0v) is 13.5. The van der Waals surface area contributed by atoms with Crippen molar-refractivity contribution in [1.82, 2.24) is 15.2 Å². The number of anilines is 1. The van der Waals surface area contributed by atoms with Crippen molar-refractivity contribution in [1.29, 1.82) is 0 Å². The summed E-state index contributed by atoms with van der Waals surface area (Å²) in [5.41, 5.74) is 0.899. The summed E-state index contributed by atoms with van der Waals surface area (Å²) in [6.45, 7) is 3.53. The highest BCUT2D eigenvalue weighted by atomic mass is 32.2. The Balaban J connectivity index is 1.93. The van der Waals surface area contributed by atoms with Gasteiger partial charge in [-0.1, -0.05) is 18.7 Å². The number of hydrogen-bond donors (Lipinski definition) is 2. The molecule has 0 amide bonds. The van der Waals surface area contributed by atoms with E-state index in [-0.39, 0.29) is 17.5 Å². The fourth-order valence-corrected chi connectivity index (χ4v) is 3.57. The first-order valence-corrected chi connectivity index (χ1v) is 9.22. The van der Waals surface area contributed by atoms with Gasteiger partial charge >= 0.3 is 0 Å². The van der Waals surface area contributed by atoms with Crippen LogP contribution >= 0.6 is 11.8 Å². The van der Waals surface area contributed by atoms with Crippen LogP contribution in [0.2, 0.25) is 0 Å². The summed E-state index contributed by atoms with van der Waals surface area (Å²) < 4.78 is 23.1. The molecule has 114 valence electrons. The van der Waals surface area contributed by atoms with Crippen molar-refractivity contribution in [3.63, 3.8) is 0 Å². The van der Waals surface area contributed by atoms with Crippen LogP contribution in [0.15, 0.2) is 40.6 Å². The lowest BCUT2D eigenvalue weighted by Gasteiger charge is -2.15. The third kappa shape index (κ3) is 5.05. The van der Waals surface area contributed by atoms with E-state index >= 15 is 0 Å². The maximum Gasteiger partial charge on any atom is 0.188 e. The number of aromatic nitrogens is 3. The highest BCUT2D eigenvalue weighted by Crippen LogP contribution is 2.25. The maximum absolute atomic E-state index is 11.6. The van der Waals surface area contributed by atoms with Gasteiger partial charge in [0.2, 0.25) is 0 Å². The standard InChI is InChI=1S/C13H18N4O2S2/c1-3-21(18,19)8-10(2)16-11-4-6-12(7-5-11)20-13-14-9-15-17-13/h4-7,9-10,16H,3,8H2,1-2H3,(H,14,15,17). The first kappa shape index (κ1) is 15.8. The van der Waals surface area contributed by atoms with Gasteiger partial charge in [-0.25, -0.2) is 13.4 Å². The second-order valence-electron chi connectivity index (χ2n) is 4.66. The van der Waals surface area contributed by atoms with Gasteiger partial charge in [0.25, 0.3) is 0 Å². The van der Waals surface area contributed by atoms with E-state index in [1.54, 1.807) is 6.92 Å². The summed E-state index contributed by atoms with van der Waals surface area (Å²) in [6, 6.07) is 7.64. The summed E-state index contributed by atoms with van der Waals surface area (Å²) in [5.74, 6) is 0.309. The molecule has 2 N–H and O–H groups in total. The van der Waals surface area contributed by atoms with E-state index in [0.717, 1.165) is 15.7 Å². The summed E-state index contributed by atoms with van der Waals surface area (Å²) >= 11 is 1.48. The van der Waals surface area contributed by atoms with Crippen LogP contribution in [0.1, 0.15) is 13.8 Å². The molecule has 0 spiro atoms. The van der Waals surface area contributed by atoms with Gasteiger partial charge in [-0.05, 0) is 31.2 Å². The number of benzene rings is 1. The molecule has 0 aliphatic heterocycles. The predicted molar refractivity (Wildman–Crippen MR) is 84.4 cm³/mol. The van der Waals surface area contributed by atoms with E-state index in [1.165, 1.54) is 18.1 Å². The fraction of sp³-hybridized carbons (Fsp3) is 0.385. The number of rotatable bonds is 7. The number of nitrogens with one attached hydrogen (secondary N) is 2. The van der Waals surface area contributed by atoms with E-state index in [2.05, 4.69) is 20.5 Å². The van der Waals surface area contributed by atoms with Gasteiger partial charge in [-0.15, -0.1) is 0 Å². The fourth-order valence-electron chi connectivity index (χ4n) is 1.80. The Hall–Kier alpha value is -1.54. The van der Waals surface area contributed by atoms with Crippen molar-refractivity contribution in [3.8, 4) is 0 Å². The maximum atomic E-state index is 11.6. The molecule has 1 aromatic carbocycles. The minimum absolute atomic E-state index is 0.122. The molecule has 0 saturated heterocycles. The molecule has 0 saturated carbocycles. The number of sulfone groups is 1. The van der Waals surface area contributed by atoms with Crippen LogP contribution in [0.4, 0.5) is 5.69 Å². The third-order valence-electron chi connectivity index (χ3n) is 2.82. The normalized spacial score (nSPS) is 13.0. The lowest BCUT2D eigenvalue weighted by Crippen LogP contribution is -2.26. The van der Waals surface area contributed by atoms with Crippen molar-refractivity contribution in [2.45, 2.75) is 29.9 Å². The molecule has 1 heterocycles. The topological polar surface area (TPSA) is 87.7 Å². The molecule has 1 unspecified atom stereocenters. The Kier molecular flexibility index (Phi) is 5.24. The Morgan fingerprint density at radius 3 is 2.62 bits per heavy atom. The van der Waals surface area contributed by atoms with Gasteiger partial charge in [0.15, 0.2) is 15.0 Å². The largest absolute Gasteiger partial charge is 0.382 e. The van der Waals surface area contributed by atoms with Crippen molar-refractivity contribution < 1.29 is 8.42 Å². The molecule has 1 aromatic heterocycles. The molecule has 0 fully saturated rings. The summed E-state index contributed by atoms with van der Waals surface area (Å²) in [6.07, 6.45) is 1.47. The Morgan fingerprint density at radius 2 is 2.05 bits per heavy atom. The molecule has 8 heteroatoms. The van der Waals surface area contributed by atoms with Crippen LogP contribution in [0.25, 0.3) is 0 Å². The highest BCUT2D eigenvalue weighted by Gasteiger charge is 2.13. The van der Waals surface area contributed by atoms with Crippen molar-refractivity contribution in [2.75, 3.05) is 16.8 Å². The van der Waals surface area contributed by atoms with Gasteiger partial charge in [0.05, 0.1) is 5.75 Å². The molecular weight excluding hydrogens is 308 g/mol. The van der Waals surface area contributed by atoms with Crippen LogP contribution in [-0.4, -0.2) is 41.1 Å². The molecule has 2 aromatic rings. The van der Waals surface area contributed by atoms with Crippen LogP contribution in [0.5, 0.6) is 0 Å². The summed E-state index contributed by atoms with van der Waals surface area (Å²) in [7, 11) is -2.97. The zero-order chi connectivity index (χ0) is 15.3. The molecular formula is C13H18N4O2S2. The Bertz CT molecular complexity index is 654. The van der Waals surface area contributed by atoms with Gasteiger partial charge in [-0.3, -0.25) is 5.10 Å². The summed E-state index contributed by atoms with van der Waals surface area (Å²) in [4.78, 5) is 5.08. The third-order valence-corrected chi connectivity index (χ3v) is 5.60. The first-order valence-electron chi connectivity index (χ1n) is 6.59. The lowest BCUT2D eigenvalue weighted by atomic mass is 10.3. The molecule has 1 atom stereocenters. The lowest BCUT2D eigenvalue weighted by molar-refractivity contribution is 0.593. The van der Waals surface area contributed by atoms with Crippen molar-refractivity contribution in [3.05, 3.63) is 30.6 Å². The number of H-pyrrole nitrogens is 1. The molecule has 0 aliphatic carbocycles. The van der Waals surface area contributed by atoms with Gasteiger partial charge in [0, 0.05) is 22.4 Å². The Morgan fingerprint density at radius 1 is 1.33 bits per heavy atom. The monoisotopic (exact) mass is 326 g/mol. The van der Waals surface area contributed by atoms with Crippen LogP contribution in [0.3, 0.4) is 0 Å². The van der Waals surface area contributed by atoms with Gasteiger partial charge < -0.3 is 5.32 Å². The summed E-state index contributed by atoms with van der Waals surface area (Å²) in [5, 5.41) is 10.5. The van der Waals surface area contributed by atoms with E-state index < -0.39 is 9.84 Å². The van der Waals surface area contributed by atoms with Gasteiger partial charge in [0.1, 0.15) is 6.33 Å². The van der Waals surface area contributed by atoms with E-state index in [9.17, 15) is 8.42 Å².